The number of anilines is 1. The number of nitrogens with zero attached hydrogens (tertiary/aromatic N) is 8. The number of nitrogens with one attached hydrogen (secondary N) is 1. The van der Waals surface area contributed by atoms with Crippen LogP contribution in [0, 0.1) is 5.82 Å². The fourth-order valence-electron chi connectivity index (χ4n) is 8.05. The normalized spacial score (nSPS) is 20.7. The van der Waals surface area contributed by atoms with Crippen molar-refractivity contribution in [3.63, 3.8) is 0 Å². The lowest BCUT2D eigenvalue weighted by Crippen LogP contribution is -2.64. The Balaban J connectivity index is 0.835. The average molecular weight is 723 g/mol. The third-order valence-corrected chi connectivity index (χ3v) is 10.7. The van der Waals surface area contributed by atoms with E-state index in [2.05, 4.69) is 25.4 Å². The number of hydrogen-bond donors (Lipinski definition) is 2. The number of alkyl halides is 1. The van der Waals surface area contributed by atoms with Gasteiger partial charge in [-0.2, -0.15) is 10.2 Å². The molecule has 15 nitrogen and oxygen atoms in total. The number of carbonyl (C=O) groups excluding carboxylic acids is 5. The van der Waals surface area contributed by atoms with Crippen molar-refractivity contribution in [1.29, 1.82) is 0 Å². The summed E-state index contributed by atoms with van der Waals surface area (Å²) in [6.45, 7) is 1.72. The van der Waals surface area contributed by atoms with Crippen LogP contribution < -0.4 is 16.0 Å². The number of likely N-dealkylation sites (tertiary alicyclic amines) is 1. The van der Waals surface area contributed by atoms with Gasteiger partial charge in [-0.05, 0) is 49.6 Å². The van der Waals surface area contributed by atoms with E-state index in [-0.39, 0.29) is 72.1 Å². The lowest BCUT2D eigenvalue weighted by Gasteiger charge is -2.48. The van der Waals surface area contributed by atoms with Crippen LogP contribution in [-0.2, 0) is 9.59 Å². The summed E-state index contributed by atoms with van der Waals surface area (Å²) >= 11 is 0. The van der Waals surface area contributed by atoms with E-state index in [0.29, 0.717) is 42.5 Å². The second-order valence-corrected chi connectivity index (χ2v) is 14.2. The molecule has 0 radical (unpaired) electrons. The first-order chi connectivity index (χ1) is 25.5. The molecule has 4 aliphatic heterocycles. The Morgan fingerprint density at radius 1 is 0.981 bits per heavy atom. The molecule has 270 valence electrons. The monoisotopic (exact) mass is 722 g/mol. The molecule has 7 heterocycles. The topological polar surface area (TPSA) is 181 Å². The first-order valence-corrected chi connectivity index (χ1v) is 17.3. The number of piperidine rings is 2. The second kappa shape index (κ2) is 12.0. The zero-order valence-electron chi connectivity index (χ0n) is 28.2. The molecule has 3 saturated heterocycles. The Labute approximate surface area is 299 Å². The van der Waals surface area contributed by atoms with Crippen LogP contribution in [0.25, 0.3) is 27.8 Å². The van der Waals surface area contributed by atoms with E-state index < -0.39 is 47.1 Å². The van der Waals surface area contributed by atoms with Gasteiger partial charge in [0.1, 0.15) is 23.1 Å². The standard InChI is InChI=1S/C36H32F2N10O5/c37-25-14-26-19(12-24(25)30-29(31(39)50)32-40-8-1-9-46(32)43-30)15-47(42-26)20-6-10-44(11-7-20)16-36(38)17-45(18-36)21-2-3-22-23(13-21)35(53)48(34(22)52)27-4-5-28(49)41-33(27)51/h1-3,8-9,12-15,20,27H,4-7,10-11,16-18H2,(H2,39,50)(H,41,49,51). The molecule has 5 aromatic rings. The number of primary amides is 1. The summed E-state index contributed by atoms with van der Waals surface area (Å²) in [5.74, 6) is -3.67. The molecule has 3 N–H and O–H groups in total. The molecule has 5 amide bonds. The van der Waals surface area contributed by atoms with E-state index in [0.717, 1.165) is 4.90 Å². The van der Waals surface area contributed by atoms with Crippen molar-refractivity contribution >= 4 is 51.8 Å². The van der Waals surface area contributed by atoms with Gasteiger partial charge in [-0.3, -0.25) is 43.8 Å². The highest BCUT2D eigenvalue weighted by Crippen LogP contribution is 2.37. The van der Waals surface area contributed by atoms with Gasteiger partial charge < -0.3 is 10.6 Å². The van der Waals surface area contributed by atoms with Gasteiger partial charge in [-0.15, -0.1) is 0 Å². The Morgan fingerprint density at radius 2 is 1.75 bits per heavy atom. The predicted octanol–water partition coefficient (Wildman–Crippen LogP) is 2.25. The number of amides is 5. The Bertz CT molecular complexity index is 2410. The molecular weight excluding hydrogens is 690 g/mol. The highest BCUT2D eigenvalue weighted by atomic mass is 19.1. The predicted molar refractivity (Wildman–Crippen MR) is 184 cm³/mol. The van der Waals surface area contributed by atoms with Gasteiger partial charge in [0, 0.05) is 67.3 Å². The lowest BCUT2D eigenvalue weighted by atomic mass is 9.92. The van der Waals surface area contributed by atoms with Gasteiger partial charge in [0.2, 0.25) is 11.8 Å². The molecule has 53 heavy (non-hydrogen) atoms. The van der Waals surface area contributed by atoms with Crippen LogP contribution in [0.15, 0.2) is 55.0 Å². The average Bonchev–Trinajstić information content (AvgIpc) is 3.79. The summed E-state index contributed by atoms with van der Waals surface area (Å²) in [7, 11) is 0. The highest BCUT2D eigenvalue weighted by molar-refractivity contribution is 6.23. The summed E-state index contributed by atoms with van der Waals surface area (Å²) in [5, 5.41) is 11.9. The molecule has 1 unspecified atom stereocenters. The first-order valence-electron chi connectivity index (χ1n) is 17.3. The number of aromatic nitrogens is 5. The Morgan fingerprint density at radius 3 is 2.51 bits per heavy atom. The third kappa shape index (κ3) is 5.41. The molecule has 3 fully saturated rings. The molecule has 1 atom stereocenters. The Kier molecular flexibility index (Phi) is 7.41. The highest BCUT2D eigenvalue weighted by Gasteiger charge is 2.48. The Hall–Kier alpha value is -6.10. The van der Waals surface area contributed by atoms with Crippen LogP contribution in [-0.4, -0.2) is 108 Å². The maximum absolute atomic E-state index is 16.0. The zero-order chi connectivity index (χ0) is 36.8. The van der Waals surface area contributed by atoms with Gasteiger partial charge in [-0.25, -0.2) is 18.3 Å². The summed E-state index contributed by atoms with van der Waals surface area (Å²) in [6, 6.07) is 8.31. The fourth-order valence-corrected chi connectivity index (χ4v) is 8.05. The molecule has 3 aromatic heterocycles. The summed E-state index contributed by atoms with van der Waals surface area (Å²) < 4.78 is 34.6. The number of nitrogens with two attached hydrogens (primary N) is 1. The van der Waals surface area contributed by atoms with Gasteiger partial charge in [0.15, 0.2) is 11.3 Å². The molecule has 0 spiro atoms. The molecule has 2 aromatic carbocycles. The van der Waals surface area contributed by atoms with E-state index >= 15 is 8.78 Å². The summed E-state index contributed by atoms with van der Waals surface area (Å²) in [6.07, 6.45) is 6.47. The minimum absolute atomic E-state index is 0.0191. The van der Waals surface area contributed by atoms with E-state index in [1.165, 1.54) is 22.8 Å². The van der Waals surface area contributed by atoms with Crippen LogP contribution >= 0.6 is 0 Å². The third-order valence-electron chi connectivity index (χ3n) is 10.7. The van der Waals surface area contributed by atoms with Crippen LogP contribution in [0.2, 0.25) is 0 Å². The molecule has 0 aliphatic carbocycles. The van der Waals surface area contributed by atoms with E-state index in [4.69, 9.17) is 5.73 Å². The SMILES string of the molecule is NC(=O)c1c(-c2cc3cn(C4CCN(CC5(F)CN(c6ccc7c(c6)C(=O)N(C6CCC(=O)NC6=O)C7=O)C5)CC4)nc3cc2F)nn2cccnc12. The van der Waals surface area contributed by atoms with Gasteiger partial charge in [-0.1, -0.05) is 0 Å². The fraction of sp³-hybridized carbons (Fsp3) is 0.333. The molecular formula is C36H32F2N10O5. The van der Waals surface area contributed by atoms with Crippen molar-refractivity contribution < 1.29 is 32.8 Å². The van der Waals surface area contributed by atoms with Crippen molar-refractivity contribution in [2.75, 3.05) is 37.6 Å². The zero-order valence-corrected chi connectivity index (χ0v) is 28.2. The van der Waals surface area contributed by atoms with Crippen LogP contribution in [0.5, 0.6) is 0 Å². The summed E-state index contributed by atoms with van der Waals surface area (Å²) in [4.78, 5) is 71.6. The van der Waals surface area contributed by atoms with Gasteiger partial charge in [0.05, 0.1) is 35.8 Å². The number of rotatable bonds is 7. The smallest absolute Gasteiger partial charge is 0.262 e. The second-order valence-electron chi connectivity index (χ2n) is 14.2. The maximum Gasteiger partial charge on any atom is 0.262 e. The largest absolute Gasteiger partial charge is 0.365 e. The molecule has 17 heteroatoms. The van der Waals surface area contributed by atoms with Crippen molar-refractivity contribution in [1.82, 2.24) is 39.5 Å². The maximum atomic E-state index is 16.0. The molecule has 4 aliphatic rings. The minimum Gasteiger partial charge on any atom is -0.365 e. The number of hydrogen-bond acceptors (Lipinski definition) is 10. The van der Waals surface area contributed by atoms with Crippen molar-refractivity contribution in [2.24, 2.45) is 5.73 Å². The van der Waals surface area contributed by atoms with Gasteiger partial charge in [0.25, 0.3) is 17.7 Å². The van der Waals surface area contributed by atoms with Crippen LogP contribution in [0.1, 0.15) is 62.8 Å². The minimum atomic E-state index is -1.48. The molecule has 0 bridgehead atoms. The number of carbonyl (C=O) groups is 5. The van der Waals surface area contributed by atoms with Crippen molar-refractivity contribution in [3.8, 4) is 11.3 Å². The van der Waals surface area contributed by atoms with E-state index in [1.807, 2.05) is 15.8 Å². The first kappa shape index (κ1) is 32.8. The summed E-state index contributed by atoms with van der Waals surface area (Å²) in [5.41, 5.74) is 6.03. The van der Waals surface area contributed by atoms with Crippen molar-refractivity contribution in [2.45, 2.75) is 43.4 Å². The van der Waals surface area contributed by atoms with E-state index in [9.17, 15) is 24.0 Å². The van der Waals surface area contributed by atoms with Crippen LogP contribution in [0.4, 0.5) is 14.5 Å². The lowest BCUT2D eigenvalue weighted by molar-refractivity contribution is -0.136. The van der Waals surface area contributed by atoms with Gasteiger partial charge >= 0.3 is 0 Å². The quantitative estimate of drug-likeness (QED) is 0.237. The molecule has 0 saturated carbocycles. The van der Waals surface area contributed by atoms with E-state index in [1.54, 1.807) is 30.5 Å². The molecule has 9 rings (SSSR count). The number of imide groups is 2. The number of halogens is 2. The van der Waals surface area contributed by atoms with Crippen LogP contribution in [0.3, 0.4) is 0 Å². The number of benzene rings is 2. The van der Waals surface area contributed by atoms with Crippen molar-refractivity contribution in [3.05, 3.63) is 77.5 Å². The number of fused-ring (bicyclic) bond motifs is 3.